The van der Waals surface area contributed by atoms with Crippen molar-refractivity contribution in [3.05, 3.63) is 21.6 Å². The molecule has 5 heteroatoms. The van der Waals surface area contributed by atoms with E-state index in [-0.39, 0.29) is 0 Å². The molecule has 0 saturated heterocycles. The van der Waals surface area contributed by atoms with E-state index in [0.29, 0.717) is 9.35 Å². The van der Waals surface area contributed by atoms with E-state index in [1.54, 1.807) is 6.20 Å². The van der Waals surface area contributed by atoms with Crippen LogP contribution in [0, 0.1) is 0 Å². The third kappa shape index (κ3) is 0.971. The molecule has 2 rings (SSSR count). The molecule has 2 aromatic heterocycles. The van der Waals surface area contributed by atoms with Gasteiger partial charge in [0.25, 0.3) is 0 Å². The molecule has 0 aromatic carbocycles. The van der Waals surface area contributed by atoms with Gasteiger partial charge in [-0.05, 0) is 22.0 Å². The Morgan fingerprint density at radius 1 is 1.67 bits per heavy atom. The molecule has 12 heavy (non-hydrogen) atoms. The average molecular weight is 246 g/mol. The van der Waals surface area contributed by atoms with Gasteiger partial charge in [-0.2, -0.15) is 0 Å². The summed E-state index contributed by atoms with van der Waals surface area (Å²) in [6.07, 6.45) is 1.79. The number of halogens is 1. The van der Waals surface area contributed by atoms with Gasteiger partial charge in [0.2, 0.25) is 0 Å². The van der Waals surface area contributed by atoms with E-state index in [1.807, 2.05) is 6.07 Å². The molecule has 0 aliphatic carbocycles. The summed E-state index contributed by atoms with van der Waals surface area (Å²) in [4.78, 5) is 14.0. The van der Waals surface area contributed by atoms with Crippen LogP contribution >= 0.6 is 27.3 Å². The van der Waals surface area contributed by atoms with Crippen molar-refractivity contribution in [3.63, 3.8) is 0 Å². The van der Waals surface area contributed by atoms with Gasteiger partial charge >= 0.3 is 5.97 Å². The minimum Gasteiger partial charge on any atom is -0.477 e. The number of hydrogen-bond donors (Lipinski definition) is 2. The van der Waals surface area contributed by atoms with Crippen molar-refractivity contribution in [3.8, 4) is 0 Å². The minimum atomic E-state index is -0.892. The molecule has 0 spiro atoms. The Hall–Kier alpha value is -0.810. The predicted octanol–water partition coefficient (Wildman–Crippen LogP) is 2.69. The van der Waals surface area contributed by atoms with Crippen molar-refractivity contribution in [2.24, 2.45) is 0 Å². The Labute approximate surface area is 80.2 Å². The Kier molecular flexibility index (Phi) is 1.69. The molecule has 2 aromatic rings. The van der Waals surface area contributed by atoms with Crippen LogP contribution in [0.4, 0.5) is 0 Å². The van der Waals surface area contributed by atoms with Gasteiger partial charge in [0, 0.05) is 6.20 Å². The second-order valence-electron chi connectivity index (χ2n) is 2.27. The number of carbonyl (C=O) groups is 1. The maximum Gasteiger partial charge on any atom is 0.347 e. The number of hydrogen-bond acceptors (Lipinski definition) is 2. The molecule has 0 amide bonds. The van der Waals surface area contributed by atoms with Gasteiger partial charge in [0.1, 0.15) is 4.88 Å². The zero-order valence-electron chi connectivity index (χ0n) is 5.80. The standard InChI is InChI=1S/C7H4BrNO2S/c8-4-5-3(1-2-9-5)12-6(4)7(10)11/h1-2,9H,(H,10,11). The molecule has 0 aliphatic heterocycles. The van der Waals surface area contributed by atoms with E-state index in [4.69, 9.17) is 5.11 Å². The van der Waals surface area contributed by atoms with E-state index in [9.17, 15) is 4.79 Å². The highest BCUT2D eigenvalue weighted by molar-refractivity contribution is 9.10. The summed E-state index contributed by atoms with van der Waals surface area (Å²) >= 11 is 4.49. The number of nitrogens with one attached hydrogen (secondary N) is 1. The monoisotopic (exact) mass is 245 g/mol. The first-order valence-electron chi connectivity index (χ1n) is 3.19. The number of aromatic carboxylic acids is 1. The van der Waals surface area contributed by atoms with Crippen LogP contribution in [0.1, 0.15) is 9.67 Å². The van der Waals surface area contributed by atoms with Gasteiger partial charge in [-0.3, -0.25) is 0 Å². The fourth-order valence-corrected chi connectivity index (χ4v) is 2.79. The molecule has 0 aliphatic rings. The SMILES string of the molecule is O=C(O)c1sc2cc[nH]c2c1Br. The van der Waals surface area contributed by atoms with Crippen molar-refractivity contribution in [1.29, 1.82) is 0 Å². The first-order valence-corrected chi connectivity index (χ1v) is 4.80. The number of H-pyrrole nitrogens is 1. The first-order chi connectivity index (χ1) is 5.70. The van der Waals surface area contributed by atoms with Gasteiger partial charge < -0.3 is 10.1 Å². The number of fused-ring (bicyclic) bond motifs is 1. The topological polar surface area (TPSA) is 53.1 Å². The highest BCUT2D eigenvalue weighted by atomic mass is 79.9. The maximum absolute atomic E-state index is 10.7. The average Bonchev–Trinajstić information content (AvgIpc) is 2.53. The Morgan fingerprint density at radius 2 is 2.42 bits per heavy atom. The molecule has 3 nitrogen and oxygen atoms in total. The summed E-state index contributed by atoms with van der Waals surface area (Å²) in [5.41, 5.74) is 0.859. The highest BCUT2D eigenvalue weighted by Crippen LogP contribution is 2.34. The molecule has 2 N–H and O–H groups in total. The third-order valence-corrected chi connectivity index (χ3v) is 3.73. The maximum atomic E-state index is 10.7. The number of rotatable bonds is 1. The molecule has 2 heterocycles. The molecule has 62 valence electrons. The quantitative estimate of drug-likeness (QED) is 0.812. The molecular weight excluding hydrogens is 242 g/mol. The van der Waals surface area contributed by atoms with Gasteiger partial charge in [-0.15, -0.1) is 11.3 Å². The predicted molar refractivity (Wildman–Crippen MR) is 50.8 cm³/mol. The normalized spacial score (nSPS) is 10.8. The fourth-order valence-electron chi connectivity index (χ4n) is 1.02. The summed E-state index contributed by atoms with van der Waals surface area (Å²) in [5, 5.41) is 8.75. The number of aromatic amines is 1. The van der Waals surface area contributed by atoms with Crippen LogP contribution in [-0.4, -0.2) is 16.1 Å². The molecule has 0 fully saturated rings. The molecule has 0 radical (unpaired) electrons. The lowest BCUT2D eigenvalue weighted by molar-refractivity contribution is 0.0701. The van der Waals surface area contributed by atoms with Crippen LogP contribution < -0.4 is 0 Å². The van der Waals surface area contributed by atoms with Gasteiger partial charge in [0.05, 0.1) is 14.7 Å². The van der Waals surface area contributed by atoms with Crippen LogP contribution in [-0.2, 0) is 0 Å². The van der Waals surface area contributed by atoms with E-state index in [2.05, 4.69) is 20.9 Å². The summed E-state index contributed by atoms with van der Waals surface area (Å²) < 4.78 is 1.60. The van der Waals surface area contributed by atoms with Crippen molar-refractivity contribution < 1.29 is 9.90 Å². The summed E-state index contributed by atoms with van der Waals surface area (Å²) in [7, 11) is 0. The number of carboxylic acid groups (broad SMARTS) is 1. The molecule has 0 atom stereocenters. The van der Waals surface area contributed by atoms with Gasteiger partial charge in [-0.1, -0.05) is 0 Å². The second-order valence-corrected chi connectivity index (χ2v) is 4.11. The Balaban J connectivity index is 2.78. The van der Waals surface area contributed by atoms with Crippen LogP contribution in [0.15, 0.2) is 16.7 Å². The van der Waals surface area contributed by atoms with Crippen LogP contribution in [0.5, 0.6) is 0 Å². The van der Waals surface area contributed by atoms with E-state index in [1.165, 1.54) is 11.3 Å². The van der Waals surface area contributed by atoms with Crippen molar-refractivity contribution >= 4 is 43.5 Å². The third-order valence-electron chi connectivity index (χ3n) is 1.53. The van der Waals surface area contributed by atoms with Crippen LogP contribution in [0.25, 0.3) is 10.2 Å². The lowest BCUT2D eigenvalue weighted by Gasteiger charge is -1.86. The lowest BCUT2D eigenvalue weighted by Crippen LogP contribution is -1.91. The smallest absolute Gasteiger partial charge is 0.347 e. The molecule has 0 saturated carbocycles. The highest BCUT2D eigenvalue weighted by Gasteiger charge is 2.15. The van der Waals surface area contributed by atoms with Gasteiger partial charge in [0.15, 0.2) is 0 Å². The number of carboxylic acids is 1. The van der Waals surface area contributed by atoms with Crippen LogP contribution in [0.3, 0.4) is 0 Å². The summed E-state index contributed by atoms with van der Waals surface area (Å²) in [6.45, 7) is 0. The molecule has 0 bridgehead atoms. The summed E-state index contributed by atoms with van der Waals surface area (Å²) in [6, 6.07) is 1.86. The zero-order valence-corrected chi connectivity index (χ0v) is 8.20. The van der Waals surface area contributed by atoms with Crippen LogP contribution in [0.2, 0.25) is 0 Å². The van der Waals surface area contributed by atoms with Crippen molar-refractivity contribution in [2.75, 3.05) is 0 Å². The lowest BCUT2D eigenvalue weighted by atomic mass is 10.4. The van der Waals surface area contributed by atoms with Crippen molar-refractivity contribution in [1.82, 2.24) is 4.98 Å². The fraction of sp³-hybridized carbons (Fsp3) is 0. The number of thiophene rings is 1. The largest absolute Gasteiger partial charge is 0.477 e. The Bertz CT molecular complexity index is 445. The van der Waals surface area contributed by atoms with E-state index in [0.717, 1.165) is 10.2 Å². The molecular formula is C7H4BrNO2S. The zero-order chi connectivity index (χ0) is 8.72. The van der Waals surface area contributed by atoms with E-state index >= 15 is 0 Å². The Morgan fingerprint density at radius 3 is 3.00 bits per heavy atom. The minimum absolute atomic E-state index is 0.344. The van der Waals surface area contributed by atoms with E-state index < -0.39 is 5.97 Å². The first kappa shape index (κ1) is 7.82. The van der Waals surface area contributed by atoms with Crippen molar-refractivity contribution in [2.45, 2.75) is 0 Å². The second kappa shape index (κ2) is 2.60. The van der Waals surface area contributed by atoms with Gasteiger partial charge in [-0.25, -0.2) is 4.79 Å². The number of aromatic nitrogens is 1. The summed E-state index contributed by atoms with van der Waals surface area (Å²) in [5.74, 6) is -0.892. The molecule has 0 unspecified atom stereocenters.